The maximum absolute atomic E-state index is 12.9. The van der Waals surface area contributed by atoms with Crippen molar-refractivity contribution >= 4 is 12.0 Å². The highest BCUT2D eigenvalue weighted by molar-refractivity contribution is 5.91. The number of halogens is 1. The van der Waals surface area contributed by atoms with E-state index < -0.39 is 6.10 Å². The van der Waals surface area contributed by atoms with E-state index in [1.807, 2.05) is 20.9 Å². The Morgan fingerprint density at radius 3 is 2.67 bits per heavy atom. The van der Waals surface area contributed by atoms with Gasteiger partial charge < -0.3 is 10.4 Å². The molecule has 0 saturated heterocycles. The second-order valence-electron chi connectivity index (χ2n) is 5.85. The Morgan fingerprint density at radius 1 is 1.42 bits per heavy atom. The maximum Gasteiger partial charge on any atom is 0.244 e. The molecule has 1 amide bonds. The summed E-state index contributed by atoms with van der Waals surface area (Å²) in [7, 11) is 1.84. The molecule has 0 fully saturated rings. The molecule has 5 nitrogen and oxygen atoms in total. The Bertz CT molecular complexity index is 722. The van der Waals surface area contributed by atoms with Gasteiger partial charge in [0, 0.05) is 30.4 Å². The van der Waals surface area contributed by atoms with Crippen LogP contribution in [0.5, 0.6) is 0 Å². The summed E-state index contributed by atoms with van der Waals surface area (Å²) in [6, 6.07) is 5.47. The van der Waals surface area contributed by atoms with Gasteiger partial charge in [-0.2, -0.15) is 5.10 Å². The number of benzene rings is 1. The van der Waals surface area contributed by atoms with Crippen molar-refractivity contribution in [2.45, 2.75) is 32.4 Å². The van der Waals surface area contributed by atoms with E-state index in [0.29, 0.717) is 12.0 Å². The fourth-order valence-corrected chi connectivity index (χ4v) is 2.35. The van der Waals surface area contributed by atoms with Gasteiger partial charge in [-0.1, -0.05) is 12.1 Å². The fraction of sp³-hybridized carbons (Fsp3) is 0.333. The lowest BCUT2D eigenvalue weighted by Crippen LogP contribution is -2.32. The molecule has 0 aliphatic rings. The van der Waals surface area contributed by atoms with Crippen molar-refractivity contribution < 1.29 is 14.3 Å². The van der Waals surface area contributed by atoms with Crippen LogP contribution in [0.15, 0.2) is 36.5 Å². The van der Waals surface area contributed by atoms with E-state index in [1.54, 1.807) is 29.1 Å². The van der Waals surface area contributed by atoms with Gasteiger partial charge in [-0.25, -0.2) is 4.39 Å². The zero-order chi connectivity index (χ0) is 17.7. The summed E-state index contributed by atoms with van der Waals surface area (Å²) in [4.78, 5) is 12.0. The molecule has 2 atom stereocenters. The number of amides is 1. The summed E-state index contributed by atoms with van der Waals surface area (Å²) in [5.74, 6) is -0.583. The molecular formula is C18H22FN3O2. The highest BCUT2D eigenvalue weighted by Gasteiger charge is 2.13. The highest BCUT2D eigenvalue weighted by atomic mass is 19.1. The van der Waals surface area contributed by atoms with Crippen molar-refractivity contribution in [1.82, 2.24) is 15.1 Å². The van der Waals surface area contributed by atoms with Crippen molar-refractivity contribution in [3.63, 3.8) is 0 Å². The zero-order valence-corrected chi connectivity index (χ0v) is 14.0. The predicted molar refractivity (Wildman–Crippen MR) is 90.6 cm³/mol. The average molecular weight is 331 g/mol. The largest absolute Gasteiger partial charge is 0.388 e. The molecule has 1 aromatic heterocycles. The molecule has 0 aliphatic carbocycles. The van der Waals surface area contributed by atoms with Crippen LogP contribution >= 0.6 is 0 Å². The summed E-state index contributed by atoms with van der Waals surface area (Å²) < 4.78 is 14.6. The Labute approximate surface area is 140 Å². The van der Waals surface area contributed by atoms with Gasteiger partial charge in [0.25, 0.3) is 0 Å². The molecule has 1 aromatic carbocycles. The van der Waals surface area contributed by atoms with Crippen molar-refractivity contribution in [3.05, 3.63) is 59.2 Å². The highest BCUT2D eigenvalue weighted by Crippen LogP contribution is 2.18. The fourth-order valence-electron chi connectivity index (χ4n) is 2.35. The van der Waals surface area contributed by atoms with Crippen molar-refractivity contribution in [1.29, 1.82) is 0 Å². The minimum absolute atomic E-state index is 0.225. The van der Waals surface area contributed by atoms with Crippen LogP contribution in [0.2, 0.25) is 0 Å². The van der Waals surface area contributed by atoms with Crippen LogP contribution in [0.4, 0.5) is 4.39 Å². The molecule has 24 heavy (non-hydrogen) atoms. The van der Waals surface area contributed by atoms with Crippen LogP contribution in [0, 0.1) is 12.7 Å². The third-order valence-electron chi connectivity index (χ3n) is 3.91. The first-order valence-corrected chi connectivity index (χ1v) is 7.77. The first-order chi connectivity index (χ1) is 11.4. The number of hydrogen-bond donors (Lipinski definition) is 2. The molecule has 0 saturated carbocycles. The topological polar surface area (TPSA) is 67.2 Å². The Hall–Kier alpha value is -2.47. The lowest BCUT2D eigenvalue weighted by molar-refractivity contribution is -0.117. The third-order valence-corrected chi connectivity index (χ3v) is 3.91. The Morgan fingerprint density at radius 2 is 2.08 bits per heavy atom. The van der Waals surface area contributed by atoms with Gasteiger partial charge in [0.15, 0.2) is 0 Å². The van der Waals surface area contributed by atoms with Gasteiger partial charge in [-0.3, -0.25) is 9.48 Å². The van der Waals surface area contributed by atoms with Gasteiger partial charge in [0.1, 0.15) is 5.82 Å². The van der Waals surface area contributed by atoms with Gasteiger partial charge in [-0.05, 0) is 44.0 Å². The van der Waals surface area contributed by atoms with E-state index in [-0.39, 0.29) is 17.8 Å². The van der Waals surface area contributed by atoms with E-state index >= 15 is 0 Å². The molecule has 2 unspecified atom stereocenters. The summed E-state index contributed by atoms with van der Waals surface area (Å²) in [6.45, 7) is 3.74. The zero-order valence-electron chi connectivity index (χ0n) is 14.0. The molecule has 0 aliphatic heterocycles. The molecule has 0 radical (unpaired) electrons. The number of nitrogens with one attached hydrogen (secondary N) is 1. The third kappa shape index (κ3) is 4.76. The number of aryl methyl sites for hydroxylation is 1. The van der Waals surface area contributed by atoms with Gasteiger partial charge in [0.2, 0.25) is 5.91 Å². The molecule has 0 bridgehead atoms. The van der Waals surface area contributed by atoms with Crippen LogP contribution in [0.1, 0.15) is 36.3 Å². The molecule has 1 heterocycles. The maximum atomic E-state index is 12.9. The van der Waals surface area contributed by atoms with Gasteiger partial charge >= 0.3 is 0 Å². The van der Waals surface area contributed by atoms with E-state index in [1.165, 1.54) is 18.2 Å². The van der Waals surface area contributed by atoms with E-state index in [2.05, 4.69) is 10.4 Å². The Kier molecular flexibility index (Phi) is 5.87. The van der Waals surface area contributed by atoms with Crippen LogP contribution in [0.25, 0.3) is 6.08 Å². The number of carbonyl (C=O) groups excluding carboxylic acids is 1. The smallest absolute Gasteiger partial charge is 0.244 e. The monoisotopic (exact) mass is 331 g/mol. The average Bonchev–Trinajstić information content (AvgIpc) is 2.85. The van der Waals surface area contributed by atoms with Crippen LogP contribution in [-0.2, 0) is 11.8 Å². The summed E-state index contributed by atoms with van der Waals surface area (Å²) in [5, 5.41) is 17.0. The summed E-state index contributed by atoms with van der Waals surface area (Å²) >= 11 is 0. The van der Waals surface area contributed by atoms with Gasteiger partial charge in [0.05, 0.1) is 12.3 Å². The van der Waals surface area contributed by atoms with Crippen LogP contribution in [0.3, 0.4) is 0 Å². The van der Waals surface area contributed by atoms with E-state index in [0.717, 1.165) is 11.3 Å². The molecule has 0 spiro atoms. The number of aliphatic hydroxyl groups excluding tert-OH is 1. The number of aromatic nitrogens is 2. The lowest BCUT2D eigenvalue weighted by Gasteiger charge is -2.17. The predicted octanol–water partition coefficient (Wildman–Crippen LogP) is 2.51. The summed E-state index contributed by atoms with van der Waals surface area (Å²) in [5.41, 5.74) is 2.48. The molecule has 2 aromatic rings. The quantitative estimate of drug-likeness (QED) is 0.799. The van der Waals surface area contributed by atoms with Gasteiger partial charge in [-0.15, -0.1) is 0 Å². The normalized spacial score (nSPS) is 13.9. The number of nitrogens with zero attached hydrogens (tertiary/aromatic N) is 2. The standard InChI is InChI=1S/C18H22FN3O2/c1-12(10-17(23)14-4-7-16(19)8-5-14)21-18(24)9-6-15-11-20-22(3)13(15)2/h4-9,11-12,17,23H,10H2,1-3H3,(H,21,24)/b9-6+. The number of aliphatic hydroxyl groups is 1. The van der Waals surface area contributed by atoms with E-state index in [9.17, 15) is 14.3 Å². The van der Waals surface area contributed by atoms with Crippen molar-refractivity contribution in [2.75, 3.05) is 0 Å². The summed E-state index contributed by atoms with van der Waals surface area (Å²) in [6.07, 6.45) is 4.44. The number of rotatable bonds is 6. The van der Waals surface area contributed by atoms with Crippen molar-refractivity contribution in [2.24, 2.45) is 7.05 Å². The molecule has 2 N–H and O–H groups in total. The lowest BCUT2D eigenvalue weighted by atomic mass is 10.0. The molecule has 6 heteroatoms. The SMILES string of the molecule is Cc1c(/C=C/C(=O)NC(C)CC(O)c2ccc(F)cc2)cnn1C. The molecular weight excluding hydrogens is 309 g/mol. The molecule has 128 valence electrons. The second kappa shape index (κ2) is 7.88. The van der Waals surface area contributed by atoms with Crippen molar-refractivity contribution in [3.8, 4) is 0 Å². The molecule has 2 rings (SSSR count). The Balaban J connectivity index is 1.87. The second-order valence-corrected chi connectivity index (χ2v) is 5.85. The number of hydrogen-bond acceptors (Lipinski definition) is 3. The van der Waals surface area contributed by atoms with E-state index in [4.69, 9.17) is 0 Å². The minimum Gasteiger partial charge on any atom is -0.388 e. The van der Waals surface area contributed by atoms with Crippen LogP contribution in [-0.4, -0.2) is 26.8 Å². The van der Waals surface area contributed by atoms with Crippen LogP contribution < -0.4 is 5.32 Å². The minimum atomic E-state index is -0.759. The number of carbonyl (C=O) groups is 1. The first-order valence-electron chi connectivity index (χ1n) is 7.77. The first kappa shape index (κ1) is 17.9.